The number of hydrogen-bond acceptors (Lipinski definition) is 5. The van der Waals surface area contributed by atoms with Crippen molar-refractivity contribution in [3.63, 3.8) is 0 Å². The van der Waals surface area contributed by atoms with Crippen molar-refractivity contribution < 1.29 is 9.53 Å². The highest BCUT2D eigenvalue weighted by molar-refractivity contribution is 7.15. The molecule has 2 rings (SSSR count). The zero-order chi connectivity index (χ0) is 13.8. The number of benzene rings is 1. The van der Waals surface area contributed by atoms with Gasteiger partial charge >= 0.3 is 0 Å². The largest absolute Gasteiger partial charge is 0.486 e. The molecule has 2 aromatic rings. The molecule has 0 saturated carbocycles. The molecule has 1 aromatic carbocycles. The lowest BCUT2D eigenvalue weighted by molar-refractivity contribution is -0.114. The van der Waals surface area contributed by atoms with Crippen molar-refractivity contribution in [1.82, 2.24) is 10.2 Å². The van der Waals surface area contributed by atoms with Crippen LogP contribution in [0.4, 0.5) is 5.13 Å². The summed E-state index contributed by atoms with van der Waals surface area (Å²) in [5.41, 5.74) is 2.29. The minimum absolute atomic E-state index is 0.155. The van der Waals surface area contributed by atoms with Crippen LogP contribution < -0.4 is 10.1 Å². The molecule has 0 aliphatic carbocycles. The number of aromatic nitrogens is 2. The zero-order valence-corrected chi connectivity index (χ0v) is 11.9. The van der Waals surface area contributed by atoms with Crippen molar-refractivity contribution in [2.45, 2.75) is 27.4 Å². The molecule has 0 aliphatic heterocycles. The van der Waals surface area contributed by atoms with E-state index < -0.39 is 0 Å². The predicted molar refractivity (Wildman–Crippen MR) is 74.5 cm³/mol. The summed E-state index contributed by atoms with van der Waals surface area (Å²) in [7, 11) is 0. The van der Waals surface area contributed by atoms with Crippen LogP contribution in [0.2, 0.25) is 0 Å². The average Bonchev–Trinajstić information content (AvgIpc) is 2.74. The standard InChI is InChI=1S/C13H15N3O2S/c1-8-4-5-11(9(2)6-8)18-7-12-15-16-13(19-12)14-10(3)17/h4-6H,7H2,1-3H3,(H,14,16,17). The van der Waals surface area contributed by atoms with Crippen molar-refractivity contribution in [3.8, 4) is 5.75 Å². The van der Waals surface area contributed by atoms with Crippen LogP contribution >= 0.6 is 11.3 Å². The van der Waals surface area contributed by atoms with Crippen molar-refractivity contribution >= 4 is 22.4 Å². The normalized spacial score (nSPS) is 10.3. The van der Waals surface area contributed by atoms with Crippen LogP contribution in [0.5, 0.6) is 5.75 Å². The SMILES string of the molecule is CC(=O)Nc1nnc(COc2ccc(C)cc2C)s1. The molecule has 0 bridgehead atoms. The van der Waals surface area contributed by atoms with Gasteiger partial charge in [-0.3, -0.25) is 4.79 Å². The second kappa shape index (κ2) is 5.79. The summed E-state index contributed by atoms with van der Waals surface area (Å²) in [6.45, 7) is 5.83. The van der Waals surface area contributed by atoms with E-state index in [0.717, 1.165) is 16.3 Å². The molecule has 0 unspecified atom stereocenters. The molecule has 5 nitrogen and oxygen atoms in total. The van der Waals surface area contributed by atoms with Crippen LogP contribution in [-0.2, 0) is 11.4 Å². The highest BCUT2D eigenvalue weighted by atomic mass is 32.1. The molecule has 0 aliphatic rings. The first-order valence-corrected chi connectivity index (χ1v) is 6.66. The predicted octanol–water partition coefficient (Wildman–Crippen LogP) is 2.69. The third-order valence-electron chi connectivity index (χ3n) is 2.43. The topological polar surface area (TPSA) is 64.1 Å². The fourth-order valence-corrected chi connectivity index (χ4v) is 2.31. The van der Waals surface area contributed by atoms with E-state index in [9.17, 15) is 4.79 Å². The third kappa shape index (κ3) is 3.75. The van der Waals surface area contributed by atoms with Crippen LogP contribution in [0.1, 0.15) is 23.1 Å². The van der Waals surface area contributed by atoms with Crippen LogP contribution in [0.25, 0.3) is 0 Å². The smallest absolute Gasteiger partial charge is 0.223 e. The van der Waals surface area contributed by atoms with Gasteiger partial charge in [0.15, 0.2) is 5.01 Å². The molecule has 0 fully saturated rings. The Bertz CT molecular complexity index is 595. The van der Waals surface area contributed by atoms with Gasteiger partial charge in [-0.05, 0) is 25.5 Å². The van der Waals surface area contributed by atoms with Gasteiger partial charge in [0, 0.05) is 6.92 Å². The lowest BCUT2D eigenvalue weighted by atomic mass is 10.1. The van der Waals surface area contributed by atoms with Crippen molar-refractivity contribution in [3.05, 3.63) is 34.3 Å². The van der Waals surface area contributed by atoms with Crippen LogP contribution in [0.15, 0.2) is 18.2 Å². The van der Waals surface area contributed by atoms with Gasteiger partial charge in [-0.2, -0.15) is 0 Å². The Morgan fingerprint density at radius 1 is 1.37 bits per heavy atom. The Hall–Kier alpha value is -1.95. The van der Waals surface area contributed by atoms with E-state index in [4.69, 9.17) is 4.74 Å². The number of amides is 1. The maximum Gasteiger partial charge on any atom is 0.223 e. The molecule has 1 N–H and O–H groups in total. The average molecular weight is 277 g/mol. The minimum atomic E-state index is -0.155. The number of aryl methyl sites for hydroxylation is 2. The number of nitrogens with one attached hydrogen (secondary N) is 1. The number of anilines is 1. The first-order chi connectivity index (χ1) is 9.04. The number of carbonyl (C=O) groups excluding carboxylic acids is 1. The van der Waals surface area contributed by atoms with E-state index in [1.54, 1.807) is 0 Å². The second-order valence-corrected chi connectivity index (χ2v) is 5.30. The lowest BCUT2D eigenvalue weighted by Gasteiger charge is -2.07. The molecule has 100 valence electrons. The van der Waals surface area contributed by atoms with E-state index >= 15 is 0 Å². The molecule has 1 heterocycles. The number of rotatable bonds is 4. The molecule has 0 radical (unpaired) electrons. The van der Waals surface area contributed by atoms with Crippen molar-refractivity contribution in [1.29, 1.82) is 0 Å². The lowest BCUT2D eigenvalue weighted by Crippen LogP contribution is -2.04. The summed E-state index contributed by atoms with van der Waals surface area (Å²) >= 11 is 1.31. The summed E-state index contributed by atoms with van der Waals surface area (Å²) in [6, 6.07) is 6.02. The summed E-state index contributed by atoms with van der Waals surface area (Å²) in [5.74, 6) is 0.680. The van der Waals surface area contributed by atoms with Gasteiger partial charge in [0.2, 0.25) is 11.0 Å². The summed E-state index contributed by atoms with van der Waals surface area (Å²) in [5, 5.41) is 11.6. The van der Waals surface area contributed by atoms with Gasteiger partial charge in [-0.1, -0.05) is 29.0 Å². The summed E-state index contributed by atoms with van der Waals surface area (Å²) in [4.78, 5) is 10.9. The Balaban J connectivity index is 1.98. The second-order valence-electron chi connectivity index (χ2n) is 4.24. The van der Waals surface area contributed by atoms with Crippen molar-refractivity contribution in [2.75, 3.05) is 5.32 Å². The van der Waals surface area contributed by atoms with E-state index in [2.05, 4.69) is 21.6 Å². The third-order valence-corrected chi connectivity index (χ3v) is 3.24. The van der Waals surface area contributed by atoms with Gasteiger partial charge in [0.1, 0.15) is 12.4 Å². The van der Waals surface area contributed by atoms with E-state index in [1.807, 2.05) is 26.0 Å². The quantitative estimate of drug-likeness (QED) is 0.933. The molecular formula is C13H15N3O2S. The maximum absolute atomic E-state index is 10.9. The zero-order valence-electron chi connectivity index (χ0n) is 11.1. The fourth-order valence-electron chi connectivity index (χ4n) is 1.61. The first kappa shape index (κ1) is 13.5. The van der Waals surface area contributed by atoms with Crippen LogP contribution in [0, 0.1) is 13.8 Å². The molecule has 0 atom stereocenters. The van der Waals surface area contributed by atoms with E-state index in [-0.39, 0.29) is 5.91 Å². The maximum atomic E-state index is 10.9. The van der Waals surface area contributed by atoms with Crippen LogP contribution in [-0.4, -0.2) is 16.1 Å². The molecule has 0 saturated heterocycles. The Morgan fingerprint density at radius 3 is 2.84 bits per heavy atom. The number of carbonyl (C=O) groups is 1. The molecule has 1 aromatic heterocycles. The number of ether oxygens (including phenoxy) is 1. The summed E-state index contributed by atoms with van der Waals surface area (Å²) in [6.07, 6.45) is 0. The van der Waals surface area contributed by atoms with Gasteiger partial charge < -0.3 is 10.1 Å². The summed E-state index contributed by atoms with van der Waals surface area (Å²) < 4.78 is 5.69. The number of hydrogen-bond donors (Lipinski definition) is 1. The molecule has 1 amide bonds. The highest BCUT2D eigenvalue weighted by Crippen LogP contribution is 2.21. The number of nitrogens with zero attached hydrogens (tertiary/aromatic N) is 2. The van der Waals surface area contributed by atoms with Gasteiger partial charge in [-0.25, -0.2) is 0 Å². The first-order valence-electron chi connectivity index (χ1n) is 5.84. The van der Waals surface area contributed by atoms with Gasteiger partial charge in [0.05, 0.1) is 0 Å². The highest BCUT2D eigenvalue weighted by Gasteiger charge is 2.07. The Morgan fingerprint density at radius 2 is 2.16 bits per heavy atom. The Kier molecular flexibility index (Phi) is 4.11. The van der Waals surface area contributed by atoms with Gasteiger partial charge in [-0.15, -0.1) is 10.2 Å². The molecule has 6 heteroatoms. The Labute approximate surface area is 115 Å². The van der Waals surface area contributed by atoms with Crippen LogP contribution in [0.3, 0.4) is 0 Å². The van der Waals surface area contributed by atoms with E-state index in [1.165, 1.54) is 23.8 Å². The monoisotopic (exact) mass is 277 g/mol. The molecule has 19 heavy (non-hydrogen) atoms. The molecular weight excluding hydrogens is 262 g/mol. The molecule has 0 spiro atoms. The van der Waals surface area contributed by atoms with Crippen molar-refractivity contribution in [2.24, 2.45) is 0 Å². The van der Waals surface area contributed by atoms with E-state index in [0.29, 0.717) is 11.7 Å². The minimum Gasteiger partial charge on any atom is -0.486 e. The van der Waals surface area contributed by atoms with Gasteiger partial charge in [0.25, 0.3) is 0 Å². The fraction of sp³-hybridized carbons (Fsp3) is 0.308.